The van der Waals surface area contributed by atoms with Crippen molar-refractivity contribution in [3.05, 3.63) is 0 Å². The lowest BCUT2D eigenvalue weighted by atomic mass is 9.80. The Labute approximate surface area is 111 Å². The summed E-state index contributed by atoms with van der Waals surface area (Å²) >= 11 is 0. The Bertz CT molecular complexity index is 256. The van der Waals surface area contributed by atoms with Gasteiger partial charge in [0, 0.05) is 13.1 Å². The second-order valence-electron chi connectivity index (χ2n) is 5.39. The summed E-state index contributed by atoms with van der Waals surface area (Å²) in [6.07, 6.45) is 5.18. The molecule has 0 aromatic carbocycles. The van der Waals surface area contributed by atoms with Gasteiger partial charge in [0.2, 0.25) is 0 Å². The third-order valence-electron chi connectivity index (χ3n) is 4.71. The third-order valence-corrected chi connectivity index (χ3v) is 4.71. The van der Waals surface area contributed by atoms with Gasteiger partial charge in [0.05, 0.1) is 12.6 Å². The minimum absolute atomic E-state index is 0.00808. The first-order chi connectivity index (χ1) is 8.62. The van der Waals surface area contributed by atoms with Crippen LogP contribution in [0.2, 0.25) is 0 Å². The van der Waals surface area contributed by atoms with E-state index in [1.165, 1.54) is 0 Å². The van der Waals surface area contributed by atoms with Crippen LogP contribution in [0.15, 0.2) is 0 Å². The minimum atomic E-state index is -0.00808. The molecular formula is C14H28N2O2. The van der Waals surface area contributed by atoms with Gasteiger partial charge in [-0.05, 0) is 37.5 Å². The van der Waals surface area contributed by atoms with Gasteiger partial charge in [-0.2, -0.15) is 0 Å². The highest BCUT2D eigenvalue weighted by atomic mass is 16.3. The normalized spacial score (nSPS) is 20.2. The Morgan fingerprint density at radius 1 is 1.33 bits per heavy atom. The van der Waals surface area contributed by atoms with Gasteiger partial charge in [-0.3, -0.25) is 0 Å². The number of nitrogens with zero attached hydrogens (tertiary/aromatic N) is 1. The molecule has 1 rings (SSSR count). The summed E-state index contributed by atoms with van der Waals surface area (Å²) in [5.74, 6) is 0. The molecule has 0 bridgehead atoms. The maximum Gasteiger partial charge on any atom is 0.317 e. The van der Waals surface area contributed by atoms with Gasteiger partial charge in [-0.1, -0.05) is 20.8 Å². The lowest BCUT2D eigenvalue weighted by Crippen LogP contribution is -2.47. The molecule has 4 nitrogen and oxygen atoms in total. The zero-order chi connectivity index (χ0) is 13.6. The van der Waals surface area contributed by atoms with Gasteiger partial charge >= 0.3 is 6.03 Å². The molecule has 1 heterocycles. The Kier molecular flexibility index (Phi) is 5.93. The van der Waals surface area contributed by atoms with Crippen LogP contribution in [0.25, 0.3) is 0 Å². The molecule has 106 valence electrons. The standard InChI is InChI=1S/C14H28N2O2/c1-4-14(5-2,6-3)11-15-13(18)16-9-7-8-12(16)10-17/h12,17H,4-11H2,1-3H3,(H,15,18)/t12-/m0/s1. The summed E-state index contributed by atoms with van der Waals surface area (Å²) in [6.45, 7) is 8.15. The zero-order valence-corrected chi connectivity index (χ0v) is 12.0. The molecule has 18 heavy (non-hydrogen) atoms. The number of aliphatic hydroxyl groups is 1. The Balaban J connectivity index is 2.49. The number of nitrogens with one attached hydrogen (secondary N) is 1. The number of hydrogen-bond acceptors (Lipinski definition) is 2. The summed E-state index contributed by atoms with van der Waals surface area (Å²) in [4.78, 5) is 13.9. The van der Waals surface area contributed by atoms with E-state index in [1.807, 2.05) is 0 Å². The number of hydrogen-bond donors (Lipinski definition) is 2. The van der Waals surface area contributed by atoms with Gasteiger partial charge in [0.25, 0.3) is 0 Å². The quantitative estimate of drug-likeness (QED) is 0.766. The third kappa shape index (κ3) is 3.37. The smallest absolute Gasteiger partial charge is 0.317 e. The topological polar surface area (TPSA) is 52.6 Å². The van der Waals surface area contributed by atoms with Gasteiger partial charge in [-0.25, -0.2) is 4.79 Å². The number of carbonyl (C=O) groups excluding carboxylic acids is 1. The average Bonchev–Trinajstić information content (AvgIpc) is 2.89. The molecule has 1 saturated heterocycles. The largest absolute Gasteiger partial charge is 0.394 e. The molecule has 0 radical (unpaired) electrons. The van der Waals surface area contributed by atoms with Crippen LogP contribution in [0.1, 0.15) is 52.9 Å². The Morgan fingerprint density at radius 2 is 1.94 bits per heavy atom. The van der Waals surface area contributed by atoms with Crippen molar-refractivity contribution < 1.29 is 9.90 Å². The van der Waals surface area contributed by atoms with E-state index in [0.29, 0.717) is 0 Å². The van der Waals surface area contributed by atoms with Crippen molar-refractivity contribution in [2.45, 2.75) is 58.9 Å². The highest BCUT2D eigenvalue weighted by Crippen LogP contribution is 2.29. The molecule has 0 aromatic heterocycles. The van der Waals surface area contributed by atoms with Crippen molar-refractivity contribution in [1.29, 1.82) is 0 Å². The molecule has 0 unspecified atom stereocenters. The van der Waals surface area contributed by atoms with Crippen molar-refractivity contribution in [3.8, 4) is 0 Å². The fourth-order valence-electron chi connectivity index (χ4n) is 2.78. The van der Waals surface area contributed by atoms with Crippen LogP contribution in [0.3, 0.4) is 0 Å². The predicted octanol–water partition coefficient (Wildman–Crippen LogP) is 2.37. The molecule has 0 aliphatic carbocycles. The summed E-state index contributed by atoms with van der Waals surface area (Å²) < 4.78 is 0. The highest BCUT2D eigenvalue weighted by Gasteiger charge is 2.30. The molecule has 1 aliphatic heterocycles. The highest BCUT2D eigenvalue weighted by molar-refractivity contribution is 5.74. The van der Waals surface area contributed by atoms with Gasteiger partial charge in [-0.15, -0.1) is 0 Å². The fourth-order valence-corrected chi connectivity index (χ4v) is 2.78. The van der Waals surface area contributed by atoms with Gasteiger partial charge in [0.1, 0.15) is 0 Å². The van der Waals surface area contributed by atoms with Crippen molar-refractivity contribution in [2.24, 2.45) is 5.41 Å². The number of carbonyl (C=O) groups is 1. The van der Waals surface area contributed by atoms with Crippen LogP contribution in [0.4, 0.5) is 4.79 Å². The van der Waals surface area contributed by atoms with E-state index in [9.17, 15) is 9.90 Å². The first-order valence-corrected chi connectivity index (χ1v) is 7.27. The molecule has 2 amide bonds. The molecule has 0 saturated carbocycles. The Morgan fingerprint density at radius 3 is 2.44 bits per heavy atom. The number of likely N-dealkylation sites (tertiary alicyclic amines) is 1. The number of rotatable bonds is 6. The fraction of sp³-hybridized carbons (Fsp3) is 0.929. The molecular weight excluding hydrogens is 228 g/mol. The lowest BCUT2D eigenvalue weighted by Gasteiger charge is -2.32. The van der Waals surface area contributed by atoms with Crippen molar-refractivity contribution in [2.75, 3.05) is 19.7 Å². The first kappa shape index (κ1) is 15.3. The summed E-state index contributed by atoms with van der Waals surface area (Å²) in [7, 11) is 0. The second kappa shape index (κ2) is 6.98. The monoisotopic (exact) mass is 256 g/mol. The van der Waals surface area contributed by atoms with Crippen LogP contribution in [0.5, 0.6) is 0 Å². The summed E-state index contributed by atoms with van der Waals surface area (Å²) in [5.41, 5.74) is 0.226. The van der Waals surface area contributed by atoms with E-state index in [-0.39, 0.29) is 24.1 Å². The van der Waals surface area contributed by atoms with E-state index < -0.39 is 0 Å². The van der Waals surface area contributed by atoms with Crippen molar-refractivity contribution >= 4 is 6.03 Å². The predicted molar refractivity (Wildman–Crippen MR) is 73.5 cm³/mol. The first-order valence-electron chi connectivity index (χ1n) is 7.27. The molecule has 1 atom stereocenters. The Hall–Kier alpha value is -0.770. The van der Waals surface area contributed by atoms with Crippen molar-refractivity contribution in [1.82, 2.24) is 10.2 Å². The zero-order valence-electron chi connectivity index (χ0n) is 12.0. The molecule has 0 spiro atoms. The van der Waals surface area contributed by atoms with Crippen LogP contribution in [-0.4, -0.2) is 41.8 Å². The summed E-state index contributed by atoms with van der Waals surface area (Å²) in [5, 5.41) is 12.3. The molecule has 2 N–H and O–H groups in total. The van der Waals surface area contributed by atoms with Gasteiger partial charge < -0.3 is 15.3 Å². The molecule has 1 aliphatic rings. The maximum absolute atomic E-state index is 12.1. The minimum Gasteiger partial charge on any atom is -0.394 e. The number of amides is 2. The molecule has 1 fully saturated rings. The van der Waals surface area contributed by atoms with Crippen LogP contribution in [-0.2, 0) is 0 Å². The van der Waals surface area contributed by atoms with E-state index in [4.69, 9.17) is 0 Å². The SMILES string of the molecule is CCC(CC)(CC)CNC(=O)N1CCC[C@H]1CO. The number of aliphatic hydroxyl groups excluding tert-OH is 1. The van der Waals surface area contributed by atoms with Crippen LogP contribution in [0, 0.1) is 5.41 Å². The van der Waals surface area contributed by atoms with Crippen LogP contribution >= 0.6 is 0 Å². The molecule has 0 aromatic rings. The van der Waals surface area contributed by atoms with Crippen LogP contribution < -0.4 is 5.32 Å². The summed E-state index contributed by atoms with van der Waals surface area (Å²) in [6, 6.07) is 0.00977. The van der Waals surface area contributed by atoms with E-state index in [1.54, 1.807) is 4.90 Å². The second-order valence-corrected chi connectivity index (χ2v) is 5.39. The van der Waals surface area contributed by atoms with E-state index in [2.05, 4.69) is 26.1 Å². The number of urea groups is 1. The van der Waals surface area contributed by atoms with E-state index >= 15 is 0 Å². The lowest BCUT2D eigenvalue weighted by molar-refractivity contribution is 0.150. The maximum atomic E-state index is 12.1. The van der Waals surface area contributed by atoms with Crippen molar-refractivity contribution in [3.63, 3.8) is 0 Å². The average molecular weight is 256 g/mol. The van der Waals surface area contributed by atoms with Gasteiger partial charge in [0.15, 0.2) is 0 Å². The van der Waals surface area contributed by atoms with E-state index in [0.717, 1.165) is 45.2 Å². The molecule has 4 heteroatoms.